The highest BCUT2D eigenvalue weighted by Gasteiger charge is 2.17. The number of rotatable bonds is 6. The van der Waals surface area contributed by atoms with Crippen molar-refractivity contribution in [3.8, 4) is 0 Å². The van der Waals surface area contributed by atoms with E-state index in [9.17, 15) is 0 Å². The Morgan fingerprint density at radius 2 is 2.08 bits per heavy atom. The Balaban J connectivity index is 0.00000225. The van der Waals surface area contributed by atoms with E-state index < -0.39 is 0 Å². The van der Waals surface area contributed by atoms with Crippen molar-refractivity contribution in [2.45, 2.75) is 43.0 Å². The van der Waals surface area contributed by atoms with E-state index in [0.717, 1.165) is 37.1 Å². The maximum Gasteiger partial charge on any atom is 0.191 e. The van der Waals surface area contributed by atoms with Gasteiger partial charge in [0.1, 0.15) is 5.82 Å². The summed E-state index contributed by atoms with van der Waals surface area (Å²) in [4.78, 5) is 5.57. The van der Waals surface area contributed by atoms with E-state index in [0.29, 0.717) is 11.8 Å². The van der Waals surface area contributed by atoms with Gasteiger partial charge in [-0.2, -0.15) is 0 Å². The molecule has 1 aliphatic rings. The Labute approximate surface area is 170 Å². The fourth-order valence-corrected chi connectivity index (χ4v) is 3.68. The molecule has 2 N–H and O–H groups in total. The van der Waals surface area contributed by atoms with Gasteiger partial charge >= 0.3 is 0 Å². The summed E-state index contributed by atoms with van der Waals surface area (Å²) in [5.41, 5.74) is 0. The number of nitrogens with zero attached hydrogens (tertiary/aromatic N) is 4. The summed E-state index contributed by atoms with van der Waals surface area (Å²) in [6, 6.07) is 10.5. The fraction of sp³-hybridized carbons (Fsp3) is 0.471. The van der Waals surface area contributed by atoms with Gasteiger partial charge in [0.05, 0.1) is 6.54 Å². The van der Waals surface area contributed by atoms with E-state index in [1.807, 2.05) is 17.8 Å². The second-order valence-corrected chi connectivity index (χ2v) is 7.35. The molecule has 0 aliphatic carbocycles. The molecule has 1 aromatic heterocycles. The first-order valence-electron chi connectivity index (χ1n) is 8.33. The molecule has 1 atom stereocenters. The lowest BCUT2D eigenvalue weighted by atomic mass is 10.4. The zero-order valence-corrected chi connectivity index (χ0v) is 17.8. The summed E-state index contributed by atoms with van der Waals surface area (Å²) in [6.07, 6.45) is 2.20. The van der Waals surface area contributed by atoms with Gasteiger partial charge in [-0.3, -0.25) is 4.99 Å². The van der Waals surface area contributed by atoms with Crippen LogP contribution in [0.1, 0.15) is 25.0 Å². The lowest BCUT2D eigenvalue weighted by Crippen LogP contribution is -2.40. The highest BCUT2D eigenvalue weighted by atomic mass is 127. The maximum atomic E-state index is 4.29. The summed E-state index contributed by atoms with van der Waals surface area (Å²) in [5.74, 6) is 2.88. The molecule has 0 amide bonds. The van der Waals surface area contributed by atoms with Gasteiger partial charge in [-0.25, -0.2) is 0 Å². The number of aromatic nitrogens is 3. The van der Waals surface area contributed by atoms with Crippen molar-refractivity contribution in [2.24, 2.45) is 4.99 Å². The number of hydrogen-bond donors (Lipinski definition) is 2. The van der Waals surface area contributed by atoms with Crippen LogP contribution in [-0.4, -0.2) is 39.6 Å². The molecule has 3 rings (SSSR count). The molecule has 1 aromatic carbocycles. The Bertz CT molecular complexity index is 688. The Morgan fingerprint density at radius 1 is 1.28 bits per heavy atom. The van der Waals surface area contributed by atoms with Crippen LogP contribution in [0.5, 0.6) is 0 Å². The summed E-state index contributed by atoms with van der Waals surface area (Å²) < 4.78 is 2.20. The van der Waals surface area contributed by atoms with Crippen LogP contribution in [0.3, 0.4) is 0 Å². The summed E-state index contributed by atoms with van der Waals surface area (Å²) in [7, 11) is 1.79. The summed E-state index contributed by atoms with van der Waals surface area (Å²) in [6.45, 7) is 4.73. The van der Waals surface area contributed by atoms with Gasteiger partial charge in [-0.1, -0.05) is 25.1 Å². The number of thioether (sulfide) groups is 1. The normalized spacial score (nSPS) is 14.6. The molecule has 0 fully saturated rings. The zero-order valence-electron chi connectivity index (χ0n) is 14.6. The van der Waals surface area contributed by atoms with E-state index in [4.69, 9.17) is 0 Å². The number of hydrogen-bond acceptors (Lipinski definition) is 4. The van der Waals surface area contributed by atoms with Gasteiger partial charge in [0.2, 0.25) is 0 Å². The molecule has 0 saturated heterocycles. The number of nitrogens with one attached hydrogen (secondary N) is 2. The van der Waals surface area contributed by atoms with Crippen LogP contribution in [0.15, 0.2) is 40.2 Å². The third-order valence-electron chi connectivity index (χ3n) is 3.96. The van der Waals surface area contributed by atoms with Crippen molar-refractivity contribution < 1.29 is 0 Å². The van der Waals surface area contributed by atoms with Crippen molar-refractivity contribution in [3.63, 3.8) is 0 Å². The summed E-state index contributed by atoms with van der Waals surface area (Å²) >= 11 is 1.86. The standard InChI is InChI=1S/C17H24N6S.HI/c1-13(24-14-7-4-3-5-8-14)11-19-17(18-2)20-12-16-22-21-15-9-6-10-23(15)16;/h3-5,7-8,13H,6,9-12H2,1-2H3,(H2,18,19,20);1H. The van der Waals surface area contributed by atoms with Crippen LogP contribution in [0, 0.1) is 0 Å². The van der Waals surface area contributed by atoms with E-state index in [1.54, 1.807) is 7.05 Å². The molecule has 0 saturated carbocycles. The van der Waals surface area contributed by atoms with Crippen LogP contribution in [-0.2, 0) is 19.5 Å². The van der Waals surface area contributed by atoms with Gasteiger partial charge in [-0.15, -0.1) is 45.9 Å². The van der Waals surface area contributed by atoms with Gasteiger partial charge < -0.3 is 15.2 Å². The number of aryl methyl sites for hydroxylation is 1. The molecule has 2 aromatic rings. The predicted octanol–water partition coefficient (Wildman–Crippen LogP) is 2.69. The third-order valence-corrected chi connectivity index (χ3v) is 5.07. The Morgan fingerprint density at radius 3 is 2.84 bits per heavy atom. The molecule has 1 aliphatic heterocycles. The number of fused-ring (bicyclic) bond motifs is 1. The second kappa shape index (κ2) is 10.0. The number of halogens is 1. The molecule has 8 heteroatoms. The minimum absolute atomic E-state index is 0. The van der Waals surface area contributed by atoms with Crippen LogP contribution in [0.4, 0.5) is 0 Å². The molecule has 2 heterocycles. The first-order valence-corrected chi connectivity index (χ1v) is 9.21. The first-order chi connectivity index (χ1) is 11.8. The second-order valence-electron chi connectivity index (χ2n) is 5.84. The van der Waals surface area contributed by atoms with Crippen LogP contribution < -0.4 is 10.6 Å². The SMILES string of the molecule is CN=C(NCc1nnc2n1CCC2)NCC(C)Sc1ccccc1.I. The number of aliphatic imine (C=N–C) groups is 1. The van der Waals surface area contributed by atoms with Crippen LogP contribution in [0.25, 0.3) is 0 Å². The van der Waals surface area contributed by atoms with E-state index in [-0.39, 0.29) is 24.0 Å². The van der Waals surface area contributed by atoms with Gasteiger partial charge in [0.25, 0.3) is 0 Å². The minimum atomic E-state index is 0. The molecular weight excluding hydrogens is 447 g/mol. The highest BCUT2D eigenvalue weighted by Crippen LogP contribution is 2.21. The first kappa shape index (κ1) is 20.0. The molecule has 1 unspecified atom stereocenters. The smallest absolute Gasteiger partial charge is 0.191 e. The minimum Gasteiger partial charge on any atom is -0.355 e. The van der Waals surface area contributed by atoms with Crippen molar-refractivity contribution in [1.82, 2.24) is 25.4 Å². The van der Waals surface area contributed by atoms with E-state index in [1.165, 1.54) is 11.3 Å². The van der Waals surface area contributed by atoms with Gasteiger partial charge in [-0.05, 0) is 18.6 Å². The summed E-state index contributed by atoms with van der Waals surface area (Å²) in [5, 5.41) is 15.6. The van der Waals surface area contributed by atoms with Gasteiger partial charge in [0.15, 0.2) is 11.8 Å². The number of guanidine groups is 1. The predicted molar refractivity (Wildman–Crippen MR) is 114 cm³/mol. The number of benzene rings is 1. The topological polar surface area (TPSA) is 67.1 Å². The van der Waals surface area contributed by atoms with Crippen LogP contribution in [0.2, 0.25) is 0 Å². The largest absolute Gasteiger partial charge is 0.355 e. The van der Waals surface area contributed by atoms with Crippen molar-refractivity contribution in [2.75, 3.05) is 13.6 Å². The molecule has 136 valence electrons. The van der Waals surface area contributed by atoms with E-state index in [2.05, 4.69) is 61.6 Å². The molecule has 0 radical (unpaired) electrons. The Hall–Kier alpha value is -1.29. The van der Waals surface area contributed by atoms with E-state index >= 15 is 0 Å². The van der Waals surface area contributed by atoms with Crippen LogP contribution >= 0.6 is 35.7 Å². The fourth-order valence-electron chi connectivity index (χ4n) is 2.74. The average Bonchev–Trinajstić information content (AvgIpc) is 3.20. The monoisotopic (exact) mass is 472 g/mol. The average molecular weight is 472 g/mol. The Kier molecular flexibility index (Phi) is 8.01. The van der Waals surface area contributed by atoms with Crippen molar-refractivity contribution in [1.29, 1.82) is 0 Å². The molecule has 0 bridgehead atoms. The lowest BCUT2D eigenvalue weighted by Gasteiger charge is -2.15. The highest BCUT2D eigenvalue weighted by molar-refractivity contribution is 14.0. The molecule has 0 spiro atoms. The van der Waals surface area contributed by atoms with Crippen molar-refractivity contribution >= 4 is 41.7 Å². The lowest BCUT2D eigenvalue weighted by molar-refractivity contribution is 0.662. The third kappa shape index (κ3) is 5.60. The van der Waals surface area contributed by atoms with Crippen molar-refractivity contribution in [3.05, 3.63) is 42.0 Å². The molecule has 6 nitrogen and oxygen atoms in total. The quantitative estimate of drug-likeness (QED) is 0.293. The molecule has 25 heavy (non-hydrogen) atoms. The maximum absolute atomic E-state index is 4.29. The zero-order chi connectivity index (χ0) is 16.8. The molecular formula is C17H25IN6S. The van der Waals surface area contributed by atoms with Gasteiger partial charge in [0, 0.05) is 36.7 Å².